The van der Waals surface area contributed by atoms with Crippen molar-refractivity contribution in [3.05, 3.63) is 34.9 Å². The first kappa shape index (κ1) is 13.4. The molecule has 4 heteroatoms. The van der Waals surface area contributed by atoms with Crippen molar-refractivity contribution in [1.29, 1.82) is 0 Å². The molecule has 1 aliphatic rings. The second kappa shape index (κ2) is 4.94. The quantitative estimate of drug-likeness (QED) is 0.877. The summed E-state index contributed by atoms with van der Waals surface area (Å²) < 4.78 is 33.4. The van der Waals surface area contributed by atoms with Crippen molar-refractivity contribution in [2.75, 3.05) is 13.7 Å². The second-order valence-electron chi connectivity index (χ2n) is 5.14. The van der Waals surface area contributed by atoms with E-state index >= 15 is 0 Å². The first-order valence-electron chi connectivity index (χ1n) is 6.23. The maximum Gasteiger partial charge on any atom is 0.129 e. The minimum atomic E-state index is -0.759. The number of halogens is 2. The highest BCUT2D eigenvalue weighted by molar-refractivity contribution is 5.30. The lowest BCUT2D eigenvalue weighted by Gasteiger charge is -2.38. The molecule has 1 saturated heterocycles. The molecule has 0 aliphatic carbocycles. The van der Waals surface area contributed by atoms with E-state index in [1.165, 1.54) is 12.1 Å². The van der Waals surface area contributed by atoms with Crippen LogP contribution in [0, 0.1) is 18.6 Å². The van der Waals surface area contributed by atoms with E-state index in [9.17, 15) is 8.78 Å². The zero-order valence-corrected chi connectivity index (χ0v) is 11.0. The molecule has 0 aromatic heterocycles. The molecule has 1 heterocycles. The summed E-state index contributed by atoms with van der Waals surface area (Å²) in [6.45, 7) is 3.93. The lowest BCUT2D eigenvalue weighted by Crippen LogP contribution is -2.43. The normalized spacial score (nSPS) is 28.4. The van der Waals surface area contributed by atoms with Crippen LogP contribution in [0.2, 0.25) is 0 Å². The van der Waals surface area contributed by atoms with Crippen LogP contribution >= 0.6 is 0 Å². The van der Waals surface area contributed by atoms with Crippen LogP contribution in [0.25, 0.3) is 0 Å². The Morgan fingerprint density at radius 2 is 2.06 bits per heavy atom. The third-order valence-corrected chi connectivity index (χ3v) is 3.75. The van der Waals surface area contributed by atoms with Crippen LogP contribution in [0.5, 0.6) is 0 Å². The summed E-state index contributed by atoms with van der Waals surface area (Å²) in [7, 11) is 1.88. The molecule has 0 amide bonds. The van der Waals surface area contributed by atoms with Crippen molar-refractivity contribution in [3.63, 3.8) is 0 Å². The smallest absolute Gasteiger partial charge is 0.129 e. The number of aryl methyl sites for hydroxylation is 1. The van der Waals surface area contributed by atoms with Crippen LogP contribution in [-0.4, -0.2) is 19.7 Å². The van der Waals surface area contributed by atoms with Gasteiger partial charge in [-0.3, -0.25) is 0 Å². The fraction of sp³-hybridized carbons (Fsp3) is 0.571. The third-order valence-electron chi connectivity index (χ3n) is 3.75. The van der Waals surface area contributed by atoms with Gasteiger partial charge in [0.05, 0.1) is 5.60 Å². The highest BCUT2D eigenvalue weighted by Gasteiger charge is 2.36. The van der Waals surface area contributed by atoms with Gasteiger partial charge in [0.15, 0.2) is 0 Å². The minimum Gasteiger partial charge on any atom is -0.370 e. The van der Waals surface area contributed by atoms with E-state index in [2.05, 4.69) is 5.32 Å². The van der Waals surface area contributed by atoms with Crippen molar-refractivity contribution in [1.82, 2.24) is 5.32 Å². The van der Waals surface area contributed by atoms with E-state index in [-0.39, 0.29) is 11.9 Å². The fourth-order valence-electron chi connectivity index (χ4n) is 2.54. The maximum absolute atomic E-state index is 14.0. The van der Waals surface area contributed by atoms with Crippen LogP contribution in [-0.2, 0) is 10.3 Å². The highest BCUT2D eigenvalue weighted by Crippen LogP contribution is 2.36. The number of nitrogens with one attached hydrogen (secondary N) is 1. The van der Waals surface area contributed by atoms with Gasteiger partial charge in [-0.15, -0.1) is 0 Å². The van der Waals surface area contributed by atoms with E-state index in [1.807, 2.05) is 14.0 Å². The third kappa shape index (κ3) is 2.40. The Bertz CT molecular complexity index is 450. The first-order chi connectivity index (χ1) is 8.46. The van der Waals surface area contributed by atoms with Gasteiger partial charge in [-0.25, -0.2) is 8.78 Å². The molecule has 0 spiro atoms. The number of benzene rings is 1. The van der Waals surface area contributed by atoms with E-state index in [4.69, 9.17) is 4.74 Å². The summed E-state index contributed by atoms with van der Waals surface area (Å²) in [6.07, 6.45) is 1.53. The average molecular weight is 255 g/mol. The SMILES string of the molecule is CNC1CCOC(C)(c2cc(F)c(C)cc2F)C1. The van der Waals surface area contributed by atoms with E-state index in [1.54, 1.807) is 6.92 Å². The van der Waals surface area contributed by atoms with Gasteiger partial charge >= 0.3 is 0 Å². The van der Waals surface area contributed by atoms with Crippen molar-refractivity contribution < 1.29 is 13.5 Å². The van der Waals surface area contributed by atoms with Crippen molar-refractivity contribution in [3.8, 4) is 0 Å². The molecule has 0 bridgehead atoms. The van der Waals surface area contributed by atoms with E-state index in [0.29, 0.717) is 24.2 Å². The van der Waals surface area contributed by atoms with Gasteiger partial charge in [0.2, 0.25) is 0 Å². The molecule has 2 nitrogen and oxygen atoms in total. The molecule has 1 aromatic rings. The maximum atomic E-state index is 14.0. The molecule has 1 fully saturated rings. The molecule has 0 radical (unpaired) electrons. The van der Waals surface area contributed by atoms with Crippen molar-refractivity contribution in [2.24, 2.45) is 0 Å². The Hall–Kier alpha value is -1.00. The summed E-state index contributed by atoms with van der Waals surface area (Å²) in [4.78, 5) is 0. The predicted molar refractivity (Wildman–Crippen MR) is 66.5 cm³/mol. The van der Waals surface area contributed by atoms with Gasteiger partial charge in [0.1, 0.15) is 11.6 Å². The fourth-order valence-corrected chi connectivity index (χ4v) is 2.54. The Morgan fingerprint density at radius 1 is 1.33 bits per heavy atom. The zero-order chi connectivity index (χ0) is 13.3. The molecule has 18 heavy (non-hydrogen) atoms. The lowest BCUT2D eigenvalue weighted by molar-refractivity contribution is -0.0825. The first-order valence-corrected chi connectivity index (χ1v) is 6.23. The monoisotopic (exact) mass is 255 g/mol. The van der Waals surface area contributed by atoms with Crippen LogP contribution < -0.4 is 5.32 Å². The van der Waals surface area contributed by atoms with Gasteiger partial charge in [-0.2, -0.15) is 0 Å². The molecule has 1 N–H and O–H groups in total. The average Bonchev–Trinajstić information content (AvgIpc) is 2.33. The second-order valence-corrected chi connectivity index (χ2v) is 5.14. The summed E-state index contributed by atoms with van der Waals surface area (Å²) in [5, 5.41) is 3.18. The van der Waals surface area contributed by atoms with Gasteiger partial charge in [0.25, 0.3) is 0 Å². The van der Waals surface area contributed by atoms with Crippen LogP contribution in [0.15, 0.2) is 12.1 Å². The Labute approximate surface area is 106 Å². The van der Waals surface area contributed by atoms with E-state index < -0.39 is 11.4 Å². The standard InChI is InChI=1S/C14H19F2NO/c1-9-6-13(16)11(7-12(9)15)14(2)8-10(17-3)4-5-18-14/h6-7,10,17H,4-5,8H2,1-3H3. The van der Waals surface area contributed by atoms with Crippen LogP contribution in [0.3, 0.4) is 0 Å². The molecule has 1 aromatic carbocycles. The number of ether oxygens (including phenoxy) is 1. The molecule has 2 unspecified atom stereocenters. The number of rotatable bonds is 2. The van der Waals surface area contributed by atoms with Crippen molar-refractivity contribution >= 4 is 0 Å². The molecule has 0 saturated carbocycles. The number of hydrogen-bond acceptors (Lipinski definition) is 2. The highest BCUT2D eigenvalue weighted by atomic mass is 19.1. The Kier molecular flexibility index (Phi) is 3.69. The van der Waals surface area contributed by atoms with Crippen LogP contribution in [0.1, 0.15) is 30.9 Å². The molecular weight excluding hydrogens is 236 g/mol. The van der Waals surface area contributed by atoms with Gasteiger partial charge < -0.3 is 10.1 Å². The largest absolute Gasteiger partial charge is 0.370 e. The lowest BCUT2D eigenvalue weighted by atomic mass is 9.85. The summed E-state index contributed by atoms with van der Waals surface area (Å²) >= 11 is 0. The summed E-state index contributed by atoms with van der Waals surface area (Å²) in [5.41, 5.74) is -0.128. The van der Waals surface area contributed by atoms with Gasteiger partial charge in [0, 0.05) is 18.2 Å². The molecule has 1 aliphatic heterocycles. The van der Waals surface area contributed by atoms with Crippen LogP contribution in [0.4, 0.5) is 8.78 Å². The minimum absolute atomic E-state index is 0.271. The molecule has 2 atom stereocenters. The number of hydrogen-bond donors (Lipinski definition) is 1. The van der Waals surface area contributed by atoms with Crippen molar-refractivity contribution in [2.45, 2.75) is 38.3 Å². The molecule has 100 valence electrons. The van der Waals surface area contributed by atoms with Gasteiger partial charge in [-0.05, 0) is 51.4 Å². The van der Waals surface area contributed by atoms with Gasteiger partial charge in [-0.1, -0.05) is 0 Å². The summed E-state index contributed by atoms with van der Waals surface area (Å²) in [5.74, 6) is -0.782. The van der Waals surface area contributed by atoms with E-state index in [0.717, 1.165) is 6.42 Å². The molecule has 2 rings (SSSR count). The Morgan fingerprint density at radius 3 is 2.72 bits per heavy atom. The Balaban J connectivity index is 2.37. The molecular formula is C14H19F2NO. The summed E-state index contributed by atoms with van der Waals surface area (Å²) in [6, 6.07) is 2.78. The zero-order valence-electron chi connectivity index (χ0n) is 11.0. The predicted octanol–water partition coefficient (Wildman–Crippen LogP) is 2.89. The topological polar surface area (TPSA) is 21.3 Å².